The molecule has 3 aromatic carbocycles. The number of aryl methyl sites for hydroxylation is 1. The van der Waals surface area contributed by atoms with Crippen molar-refractivity contribution in [1.82, 2.24) is 30.7 Å². The molecule has 8 rings (SSSR count). The molecule has 1 unspecified atom stereocenters. The van der Waals surface area contributed by atoms with Crippen molar-refractivity contribution in [3.8, 4) is 5.75 Å². The molecule has 0 aliphatic carbocycles. The highest BCUT2D eigenvalue weighted by molar-refractivity contribution is 6.24. The van der Waals surface area contributed by atoms with Crippen molar-refractivity contribution < 1.29 is 37.5 Å². The summed E-state index contributed by atoms with van der Waals surface area (Å²) in [4.78, 5) is 70.3. The van der Waals surface area contributed by atoms with Gasteiger partial charge in [0.25, 0.3) is 18.2 Å². The van der Waals surface area contributed by atoms with Crippen molar-refractivity contribution in [2.45, 2.75) is 83.5 Å². The van der Waals surface area contributed by atoms with E-state index in [0.29, 0.717) is 48.3 Å². The highest BCUT2D eigenvalue weighted by atomic mass is 19.3. The van der Waals surface area contributed by atoms with E-state index in [2.05, 4.69) is 20.9 Å². The molecule has 2 saturated heterocycles. The number of benzene rings is 3. The second-order valence-electron chi connectivity index (χ2n) is 17.1. The lowest BCUT2D eigenvalue weighted by molar-refractivity contribution is -0.136. The maximum Gasteiger partial charge on any atom is 0.266 e. The summed E-state index contributed by atoms with van der Waals surface area (Å²) in [6.07, 6.45) is 3.55. The number of amidine groups is 1. The number of imide groups is 2. The zero-order valence-corrected chi connectivity index (χ0v) is 36.5. The molecule has 15 nitrogen and oxygen atoms in total. The van der Waals surface area contributed by atoms with Crippen LogP contribution in [0.15, 0.2) is 72.1 Å². The Kier molecular flexibility index (Phi) is 13.2. The molecule has 65 heavy (non-hydrogen) atoms. The van der Waals surface area contributed by atoms with E-state index in [9.17, 15) is 38.2 Å². The van der Waals surface area contributed by atoms with Gasteiger partial charge in [0.15, 0.2) is 0 Å². The molecular formula is C48H53F2N9O6. The van der Waals surface area contributed by atoms with Crippen LogP contribution in [0.5, 0.6) is 5.75 Å². The van der Waals surface area contributed by atoms with Gasteiger partial charge in [-0.15, -0.1) is 0 Å². The molecule has 5 heterocycles. The molecule has 5 amide bonds. The molecule has 340 valence electrons. The third-order valence-corrected chi connectivity index (χ3v) is 12.9. The van der Waals surface area contributed by atoms with E-state index in [0.717, 1.165) is 72.4 Å². The number of allylic oxidation sites excluding steroid dienone is 1. The van der Waals surface area contributed by atoms with Crippen LogP contribution in [0.2, 0.25) is 0 Å². The Balaban J connectivity index is 0.892. The van der Waals surface area contributed by atoms with E-state index in [-0.39, 0.29) is 66.2 Å². The van der Waals surface area contributed by atoms with E-state index in [1.807, 2.05) is 24.3 Å². The molecule has 5 aliphatic heterocycles. The summed E-state index contributed by atoms with van der Waals surface area (Å²) in [7, 11) is 1.66. The van der Waals surface area contributed by atoms with Gasteiger partial charge in [-0.05, 0) is 78.6 Å². The number of anilines is 1. The molecule has 17 heteroatoms. The molecule has 0 radical (unpaired) electrons. The number of hydrogen-bond donors (Lipinski definition) is 5. The molecule has 2 fully saturated rings. The van der Waals surface area contributed by atoms with Crippen LogP contribution >= 0.6 is 0 Å². The highest BCUT2D eigenvalue weighted by Crippen LogP contribution is 2.38. The van der Waals surface area contributed by atoms with Gasteiger partial charge in [-0.2, -0.15) is 0 Å². The van der Waals surface area contributed by atoms with Crippen molar-refractivity contribution in [3.63, 3.8) is 0 Å². The van der Waals surface area contributed by atoms with E-state index in [1.165, 1.54) is 25.3 Å². The highest BCUT2D eigenvalue weighted by Gasteiger charge is 2.46. The van der Waals surface area contributed by atoms with E-state index >= 15 is 0 Å². The Morgan fingerprint density at radius 3 is 2.40 bits per heavy atom. The van der Waals surface area contributed by atoms with Gasteiger partial charge < -0.3 is 30.6 Å². The third-order valence-electron chi connectivity index (χ3n) is 12.9. The van der Waals surface area contributed by atoms with E-state index < -0.39 is 36.1 Å². The van der Waals surface area contributed by atoms with Crippen LogP contribution in [-0.2, 0) is 34.0 Å². The lowest BCUT2D eigenvalue weighted by Gasteiger charge is -2.39. The van der Waals surface area contributed by atoms with Crippen LogP contribution in [0.1, 0.15) is 100 Å². The Morgan fingerprint density at radius 2 is 1.71 bits per heavy atom. The lowest BCUT2D eigenvalue weighted by Crippen LogP contribution is -2.54. The van der Waals surface area contributed by atoms with Gasteiger partial charge in [0.1, 0.15) is 24.2 Å². The Morgan fingerprint density at radius 1 is 0.954 bits per heavy atom. The number of halogens is 2. The zero-order valence-electron chi connectivity index (χ0n) is 36.5. The fraction of sp³-hybridized carbons (Fsp3) is 0.396. The summed E-state index contributed by atoms with van der Waals surface area (Å²) in [5.41, 5.74) is 5.68. The third kappa shape index (κ3) is 9.28. The molecular weight excluding hydrogens is 837 g/mol. The van der Waals surface area contributed by atoms with Gasteiger partial charge in [0, 0.05) is 106 Å². The number of alkyl halides is 2. The maximum absolute atomic E-state index is 14.5. The largest absolute Gasteiger partial charge is 0.488 e. The minimum absolute atomic E-state index is 0.0366. The fourth-order valence-electron chi connectivity index (χ4n) is 9.48. The molecule has 0 aromatic heterocycles. The number of fused-ring (bicyclic) bond motifs is 2. The number of hydrogen-bond acceptors (Lipinski definition) is 11. The Labute approximate surface area is 375 Å². The van der Waals surface area contributed by atoms with E-state index in [1.54, 1.807) is 35.0 Å². The van der Waals surface area contributed by atoms with Gasteiger partial charge in [-0.3, -0.25) is 44.5 Å². The van der Waals surface area contributed by atoms with Gasteiger partial charge in [-0.1, -0.05) is 30.3 Å². The van der Waals surface area contributed by atoms with Crippen LogP contribution in [0, 0.1) is 10.8 Å². The average Bonchev–Trinajstić information content (AvgIpc) is 3.56. The SMILES string of the molecule is CN/C=C(\C=N)c1cc2c(cc1C(F)F)N(C(=N)C1=C(NC3CCN(Cc4ccc(COc5cccc6c5C(=O)N(C5CCC(=O)NC5=O)C6=O)cc4)CC3)CCN(C(C)=O)C1)CCC2. The standard InChI is InChI=1S/C48H53F2N9O6/c1-28(60)57-20-16-38(37(26-57)45(52)58-17-4-5-31-21-35(32(23-51)24-53-2)36(44(49)50)22-40(31)58)54-33-14-18-56(19-15-33)25-29-8-10-30(11-9-29)27-65-41-7-3-6-34-43(41)48(64)59(47(34)63)39-12-13-42(61)55-46(39)62/h3,6-11,21-24,33,39,44,51-54H,4-5,12-20,25-27H2,1-2H3,(H,55,61,62)/b32-24+,51-23?,52-45?. The summed E-state index contributed by atoms with van der Waals surface area (Å²) >= 11 is 0. The average molecular weight is 890 g/mol. The predicted octanol–water partition coefficient (Wildman–Crippen LogP) is 5.30. The molecule has 1 atom stereocenters. The summed E-state index contributed by atoms with van der Waals surface area (Å²) in [5, 5.41) is 26.2. The van der Waals surface area contributed by atoms with Crippen molar-refractivity contribution in [2.75, 3.05) is 44.7 Å². The number of nitrogens with one attached hydrogen (secondary N) is 5. The van der Waals surface area contributed by atoms with Gasteiger partial charge >= 0.3 is 0 Å². The first-order chi connectivity index (χ1) is 31.3. The molecule has 0 saturated carbocycles. The Bertz CT molecular complexity index is 2500. The first kappa shape index (κ1) is 44.8. The number of nitrogens with zero attached hydrogens (tertiary/aromatic N) is 4. The summed E-state index contributed by atoms with van der Waals surface area (Å²) < 4.78 is 35.2. The van der Waals surface area contributed by atoms with Crippen LogP contribution in [0.4, 0.5) is 14.5 Å². The molecule has 0 bridgehead atoms. The van der Waals surface area contributed by atoms with Crippen LogP contribution < -0.4 is 25.6 Å². The number of amides is 5. The number of likely N-dealkylation sites (tertiary alicyclic amines) is 1. The summed E-state index contributed by atoms with van der Waals surface area (Å²) in [6, 6.07) is 15.1. The van der Waals surface area contributed by atoms with Crippen molar-refractivity contribution in [2.24, 2.45) is 0 Å². The summed E-state index contributed by atoms with van der Waals surface area (Å²) in [6.45, 7) is 5.32. The van der Waals surface area contributed by atoms with E-state index in [4.69, 9.17) is 10.1 Å². The number of piperidine rings is 2. The van der Waals surface area contributed by atoms with Crippen LogP contribution in [-0.4, -0.2) is 108 Å². The number of rotatable bonds is 13. The fourth-order valence-corrected chi connectivity index (χ4v) is 9.48. The quantitative estimate of drug-likeness (QED) is 0.0855. The smallest absolute Gasteiger partial charge is 0.266 e. The summed E-state index contributed by atoms with van der Waals surface area (Å²) in [5.74, 6) is -1.96. The Hall–Kier alpha value is -6.75. The second kappa shape index (κ2) is 19.2. The normalized spacial score (nSPS) is 19.6. The predicted molar refractivity (Wildman–Crippen MR) is 240 cm³/mol. The zero-order chi connectivity index (χ0) is 45.9. The monoisotopic (exact) mass is 889 g/mol. The van der Waals surface area contributed by atoms with Crippen molar-refractivity contribution in [1.29, 1.82) is 10.8 Å². The maximum atomic E-state index is 14.5. The van der Waals surface area contributed by atoms with Crippen LogP contribution in [0.3, 0.4) is 0 Å². The van der Waals surface area contributed by atoms with Gasteiger partial charge in [-0.25, -0.2) is 8.78 Å². The second-order valence-corrected chi connectivity index (χ2v) is 17.1. The molecule has 5 N–H and O–H groups in total. The number of ether oxygens (including phenoxy) is 1. The first-order valence-electron chi connectivity index (χ1n) is 22.1. The molecule has 3 aromatic rings. The first-order valence-corrected chi connectivity index (χ1v) is 22.1. The minimum Gasteiger partial charge on any atom is -0.488 e. The van der Waals surface area contributed by atoms with Gasteiger partial charge in [0.05, 0.1) is 17.7 Å². The van der Waals surface area contributed by atoms with Crippen molar-refractivity contribution >= 4 is 52.8 Å². The topological polar surface area (TPSA) is 191 Å². The lowest BCUT2D eigenvalue weighted by atomic mass is 9.91. The van der Waals surface area contributed by atoms with Gasteiger partial charge in [0.2, 0.25) is 17.7 Å². The minimum atomic E-state index is -2.79. The molecule has 0 spiro atoms. The van der Waals surface area contributed by atoms with Crippen molar-refractivity contribution in [3.05, 3.63) is 111 Å². The number of carbonyl (C=O) groups is 5. The van der Waals surface area contributed by atoms with Crippen LogP contribution in [0.25, 0.3) is 5.57 Å². The number of carbonyl (C=O) groups excluding carboxylic acids is 5. The molecule has 5 aliphatic rings.